The molecular weight excluding hydrogens is 330 g/mol. The lowest BCUT2D eigenvalue weighted by atomic mass is 10.1. The molecule has 0 amide bonds. The number of rotatable bonds is 2. The Bertz CT molecular complexity index is 529. The Hall–Kier alpha value is -0.670. The fraction of sp³-hybridized carbons (Fsp3) is 0.250. The minimum Gasteiger partial charge on any atom is -0.228 e. The number of alkyl halides is 3. The van der Waals surface area contributed by atoms with Crippen molar-refractivity contribution in [3.63, 3.8) is 0 Å². The first kappa shape index (κ1) is 14.4. The molecular formula is C8H6BrF4NO2S. The van der Waals surface area contributed by atoms with E-state index in [4.69, 9.17) is 0 Å². The first-order chi connectivity index (χ1) is 7.53. The molecule has 96 valence electrons. The standard InChI is InChI=1S/C8H6BrF4NO2S/c9-5-2-1-4(3-6(5)10)7(8(11,12)13)17(14,15)16/h1-3,7H,(H2,14,15,16). The van der Waals surface area contributed by atoms with Gasteiger partial charge in [0.2, 0.25) is 10.0 Å². The third kappa shape index (κ3) is 3.39. The van der Waals surface area contributed by atoms with E-state index in [0.717, 1.165) is 12.1 Å². The molecule has 3 nitrogen and oxygen atoms in total. The molecule has 0 aliphatic carbocycles. The molecule has 1 atom stereocenters. The number of hydrogen-bond acceptors (Lipinski definition) is 2. The molecule has 9 heteroatoms. The van der Waals surface area contributed by atoms with Gasteiger partial charge in [-0.3, -0.25) is 0 Å². The molecule has 0 aromatic heterocycles. The molecule has 17 heavy (non-hydrogen) atoms. The van der Waals surface area contributed by atoms with E-state index < -0.39 is 32.8 Å². The second-order valence-corrected chi connectivity index (χ2v) is 5.69. The van der Waals surface area contributed by atoms with E-state index in [2.05, 4.69) is 21.1 Å². The Labute approximate surface area is 103 Å². The van der Waals surface area contributed by atoms with Crippen LogP contribution in [0.1, 0.15) is 10.8 Å². The van der Waals surface area contributed by atoms with Crippen LogP contribution in [-0.4, -0.2) is 14.6 Å². The van der Waals surface area contributed by atoms with Crippen LogP contribution in [0.2, 0.25) is 0 Å². The van der Waals surface area contributed by atoms with Crippen LogP contribution in [-0.2, 0) is 10.0 Å². The van der Waals surface area contributed by atoms with Crippen LogP contribution in [0.4, 0.5) is 17.6 Å². The van der Waals surface area contributed by atoms with Gasteiger partial charge >= 0.3 is 6.18 Å². The van der Waals surface area contributed by atoms with Gasteiger partial charge in [0.05, 0.1) is 4.47 Å². The van der Waals surface area contributed by atoms with Crippen LogP contribution in [0.3, 0.4) is 0 Å². The topological polar surface area (TPSA) is 60.2 Å². The van der Waals surface area contributed by atoms with Crippen molar-refractivity contribution in [3.05, 3.63) is 34.1 Å². The molecule has 0 heterocycles. The van der Waals surface area contributed by atoms with Gasteiger partial charge in [0, 0.05) is 0 Å². The van der Waals surface area contributed by atoms with Crippen molar-refractivity contribution in [2.24, 2.45) is 5.14 Å². The van der Waals surface area contributed by atoms with Gasteiger partial charge in [-0.1, -0.05) is 6.07 Å². The van der Waals surface area contributed by atoms with Crippen molar-refractivity contribution in [2.75, 3.05) is 0 Å². The highest BCUT2D eigenvalue weighted by atomic mass is 79.9. The van der Waals surface area contributed by atoms with Crippen molar-refractivity contribution in [3.8, 4) is 0 Å². The molecule has 1 unspecified atom stereocenters. The van der Waals surface area contributed by atoms with Crippen LogP contribution in [0.25, 0.3) is 0 Å². The molecule has 0 spiro atoms. The van der Waals surface area contributed by atoms with E-state index in [-0.39, 0.29) is 4.47 Å². The third-order valence-corrected chi connectivity index (χ3v) is 3.71. The van der Waals surface area contributed by atoms with E-state index in [1.807, 2.05) is 0 Å². The summed E-state index contributed by atoms with van der Waals surface area (Å²) in [6.45, 7) is 0. The zero-order valence-corrected chi connectivity index (χ0v) is 10.4. The fourth-order valence-corrected chi connectivity index (χ4v) is 2.39. The number of hydrogen-bond donors (Lipinski definition) is 1. The highest BCUT2D eigenvalue weighted by Crippen LogP contribution is 2.38. The summed E-state index contributed by atoms with van der Waals surface area (Å²) in [6.07, 6.45) is -5.10. The van der Waals surface area contributed by atoms with Crippen LogP contribution < -0.4 is 5.14 Å². The Morgan fingerprint density at radius 1 is 1.29 bits per heavy atom. The minimum absolute atomic E-state index is 0.0726. The number of halogens is 5. The molecule has 0 saturated carbocycles. The van der Waals surface area contributed by atoms with Gasteiger partial charge < -0.3 is 0 Å². The Balaban J connectivity index is 3.39. The maximum absolute atomic E-state index is 13.1. The minimum atomic E-state index is -5.10. The van der Waals surface area contributed by atoms with Gasteiger partial charge in [-0.2, -0.15) is 13.2 Å². The van der Waals surface area contributed by atoms with Crippen LogP contribution in [0, 0.1) is 5.82 Å². The van der Waals surface area contributed by atoms with Gasteiger partial charge in [-0.15, -0.1) is 0 Å². The van der Waals surface area contributed by atoms with Crippen molar-refractivity contribution < 1.29 is 26.0 Å². The third-order valence-electron chi connectivity index (χ3n) is 1.87. The molecule has 0 radical (unpaired) electrons. The van der Waals surface area contributed by atoms with Crippen LogP contribution in [0.5, 0.6) is 0 Å². The van der Waals surface area contributed by atoms with E-state index in [1.165, 1.54) is 0 Å². The molecule has 0 fully saturated rings. The van der Waals surface area contributed by atoms with Gasteiger partial charge in [-0.05, 0) is 33.6 Å². The van der Waals surface area contributed by atoms with E-state index >= 15 is 0 Å². The molecule has 0 bridgehead atoms. The normalized spacial score (nSPS) is 14.7. The SMILES string of the molecule is NS(=O)(=O)C(c1ccc(Br)c(F)c1)C(F)(F)F. The summed E-state index contributed by atoms with van der Waals surface area (Å²) in [4.78, 5) is 0. The van der Waals surface area contributed by atoms with Gasteiger partial charge in [-0.25, -0.2) is 17.9 Å². The van der Waals surface area contributed by atoms with Gasteiger partial charge in [0.15, 0.2) is 5.25 Å². The zero-order chi connectivity index (χ0) is 13.4. The lowest BCUT2D eigenvalue weighted by Gasteiger charge is -2.18. The number of benzene rings is 1. The first-order valence-corrected chi connectivity index (χ1v) is 6.47. The Morgan fingerprint density at radius 2 is 1.82 bits per heavy atom. The average molecular weight is 336 g/mol. The maximum Gasteiger partial charge on any atom is 0.410 e. The highest BCUT2D eigenvalue weighted by Gasteiger charge is 2.48. The summed E-state index contributed by atoms with van der Waals surface area (Å²) in [5.41, 5.74) is -0.763. The fourth-order valence-electron chi connectivity index (χ4n) is 1.24. The first-order valence-electron chi connectivity index (χ1n) is 4.07. The Morgan fingerprint density at radius 3 is 2.18 bits per heavy atom. The molecule has 1 aromatic rings. The predicted molar refractivity (Wildman–Crippen MR) is 56.0 cm³/mol. The number of nitrogens with two attached hydrogens (primary N) is 1. The molecule has 1 rings (SSSR count). The van der Waals surface area contributed by atoms with Crippen molar-refractivity contribution in [1.29, 1.82) is 0 Å². The molecule has 0 aliphatic heterocycles. The smallest absolute Gasteiger partial charge is 0.228 e. The van der Waals surface area contributed by atoms with Gasteiger partial charge in [0.1, 0.15) is 5.82 Å². The largest absolute Gasteiger partial charge is 0.410 e. The van der Waals surface area contributed by atoms with E-state index in [9.17, 15) is 26.0 Å². The second-order valence-electron chi connectivity index (χ2n) is 3.18. The summed E-state index contributed by atoms with van der Waals surface area (Å²) in [7, 11) is -4.91. The van der Waals surface area contributed by atoms with Crippen LogP contribution >= 0.6 is 15.9 Å². The molecule has 0 saturated heterocycles. The summed E-state index contributed by atoms with van der Waals surface area (Å²) in [6, 6.07) is 2.30. The maximum atomic E-state index is 13.1. The van der Waals surface area contributed by atoms with Crippen molar-refractivity contribution in [2.45, 2.75) is 11.4 Å². The second kappa shape index (κ2) is 4.54. The van der Waals surface area contributed by atoms with Gasteiger partial charge in [0.25, 0.3) is 0 Å². The quantitative estimate of drug-likeness (QED) is 0.844. The summed E-state index contributed by atoms with van der Waals surface area (Å²) in [5, 5.41) is 1.57. The zero-order valence-electron chi connectivity index (χ0n) is 8.00. The monoisotopic (exact) mass is 335 g/mol. The molecule has 2 N–H and O–H groups in total. The average Bonchev–Trinajstić information content (AvgIpc) is 2.06. The Kier molecular flexibility index (Phi) is 3.84. The van der Waals surface area contributed by atoms with Crippen molar-refractivity contribution in [1.82, 2.24) is 0 Å². The number of sulfonamides is 1. The predicted octanol–water partition coefficient (Wildman–Crippen LogP) is 2.48. The summed E-state index contributed by atoms with van der Waals surface area (Å²) >= 11 is 2.74. The lowest BCUT2D eigenvalue weighted by Crippen LogP contribution is -2.33. The van der Waals surface area contributed by atoms with Crippen LogP contribution in [0.15, 0.2) is 22.7 Å². The van der Waals surface area contributed by atoms with E-state index in [1.54, 1.807) is 0 Å². The highest BCUT2D eigenvalue weighted by molar-refractivity contribution is 9.10. The van der Waals surface area contributed by atoms with Crippen molar-refractivity contribution >= 4 is 26.0 Å². The summed E-state index contributed by atoms with van der Waals surface area (Å²) < 4.78 is 72.4. The van der Waals surface area contributed by atoms with E-state index in [0.29, 0.717) is 6.07 Å². The molecule has 1 aromatic carbocycles. The molecule has 0 aliphatic rings. The summed E-state index contributed by atoms with van der Waals surface area (Å²) in [5.74, 6) is -1.000. The lowest BCUT2D eigenvalue weighted by molar-refractivity contribution is -0.131. The number of primary sulfonamides is 1.